The van der Waals surface area contributed by atoms with Crippen LogP contribution in [-0.2, 0) is 10.0 Å². The van der Waals surface area contributed by atoms with Crippen molar-refractivity contribution >= 4 is 16.1 Å². The number of sulfonamides is 1. The van der Waals surface area contributed by atoms with Crippen molar-refractivity contribution in [3.05, 3.63) is 29.6 Å². The van der Waals surface area contributed by atoms with E-state index in [1.807, 2.05) is 20.8 Å². The lowest BCUT2D eigenvalue weighted by atomic mass is 10.0. The third-order valence-corrected chi connectivity index (χ3v) is 6.51. The molecule has 1 aromatic rings. The molecule has 1 saturated heterocycles. The van der Waals surface area contributed by atoms with Gasteiger partial charge in [-0.1, -0.05) is 6.42 Å². The van der Waals surface area contributed by atoms with Crippen molar-refractivity contribution in [2.45, 2.75) is 69.9 Å². The highest BCUT2D eigenvalue weighted by atomic mass is 32.2. The van der Waals surface area contributed by atoms with Crippen LogP contribution >= 0.6 is 0 Å². The molecule has 0 unspecified atom stereocenters. The minimum atomic E-state index is -3.69. The Hall–Kier alpha value is -1.67. The number of amides is 2. The highest BCUT2D eigenvalue weighted by Crippen LogP contribution is 2.27. The Labute approximate surface area is 161 Å². The number of carbonyl (C=O) groups excluding carboxylic acids is 1. The average molecular weight is 400 g/mol. The molecule has 1 atom stereocenters. The van der Waals surface area contributed by atoms with Gasteiger partial charge in [0.05, 0.1) is 4.90 Å². The zero-order valence-corrected chi connectivity index (χ0v) is 17.3. The Balaban J connectivity index is 2.05. The van der Waals surface area contributed by atoms with Crippen LogP contribution in [0.2, 0.25) is 0 Å². The molecule has 1 aromatic carbocycles. The SMILES string of the molecule is Cc1cc(S(=O)(=O)N2CCCC[C@H]2CCNC(=O)NC(C)(C)C)ccc1F. The lowest BCUT2D eigenvalue weighted by molar-refractivity contribution is 0.223. The zero-order valence-electron chi connectivity index (χ0n) is 16.5. The van der Waals surface area contributed by atoms with E-state index in [-0.39, 0.29) is 22.5 Å². The van der Waals surface area contributed by atoms with Crippen LogP contribution in [0.3, 0.4) is 0 Å². The van der Waals surface area contributed by atoms with Gasteiger partial charge in [0, 0.05) is 24.7 Å². The first kappa shape index (κ1) is 21.6. The number of piperidine rings is 1. The van der Waals surface area contributed by atoms with Gasteiger partial charge in [-0.3, -0.25) is 0 Å². The van der Waals surface area contributed by atoms with E-state index in [0.717, 1.165) is 19.3 Å². The van der Waals surface area contributed by atoms with Crippen molar-refractivity contribution in [3.63, 3.8) is 0 Å². The van der Waals surface area contributed by atoms with Gasteiger partial charge >= 0.3 is 6.03 Å². The maximum atomic E-state index is 13.5. The molecule has 6 nitrogen and oxygen atoms in total. The Morgan fingerprint density at radius 3 is 2.63 bits per heavy atom. The number of nitrogens with zero attached hydrogens (tertiary/aromatic N) is 1. The minimum Gasteiger partial charge on any atom is -0.338 e. The molecule has 8 heteroatoms. The van der Waals surface area contributed by atoms with Crippen molar-refractivity contribution in [1.29, 1.82) is 0 Å². The highest BCUT2D eigenvalue weighted by molar-refractivity contribution is 7.89. The first-order valence-electron chi connectivity index (χ1n) is 9.35. The number of halogens is 1. The summed E-state index contributed by atoms with van der Waals surface area (Å²) in [5, 5.41) is 5.61. The van der Waals surface area contributed by atoms with Crippen molar-refractivity contribution in [1.82, 2.24) is 14.9 Å². The number of nitrogens with one attached hydrogen (secondary N) is 2. The molecule has 1 fully saturated rings. The van der Waals surface area contributed by atoms with E-state index in [1.165, 1.54) is 22.5 Å². The van der Waals surface area contributed by atoms with E-state index < -0.39 is 15.8 Å². The highest BCUT2D eigenvalue weighted by Gasteiger charge is 2.33. The van der Waals surface area contributed by atoms with Crippen LogP contribution in [0.4, 0.5) is 9.18 Å². The molecular formula is C19H30FN3O3S. The first-order valence-corrected chi connectivity index (χ1v) is 10.8. The predicted molar refractivity (Wildman–Crippen MR) is 104 cm³/mol. The smallest absolute Gasteiger partial charge is 0.315 e. The second-order valence-electron chi connectivity index (χ2n) is 8.10. The fourth-order valence-electron chi connectivity index (χ4n) is 3.23. The maximum absolute atomic E-state index is 13.5. The summed E-state index contributed by atoms with van der Waals surface area (Å²) in [6.45, 7) is 8.07. The minimum absolute atomic E-state index is 0.117. The Kier molecular flexibility index (Phi) is 6.86. The molecule has 2 N–H and O–H groups in total. The monoisotopic (exact) mass is 399 g/mol. The van der Waals surface area contributed by atoms with Crippen molar-refractivity contribution < 1.29 is 17.6 Å². The summed E-state index contributed by atoms with van der Waals surface area (Å²) in [6.07, 6.45) is 3.04. The summed E-state index contributed by atoms with van der Waals surface area (Å²) < 4.78 is 41.1. The van der Waals surface area contributed by atoms with Gasteiger partial charge in [-0.05, 0) is 70.7 Å². The van der Waals surface area contributed by atoms with Crippen molar-refractivity contribution in [2.75, 3.05) is 13.1 Å². The zero-order chi connectivity index (χ0) is 20.2. The largest absolute Gasteiger partial charge is 0.338 e. The van der Waals surface area contributed by atoms with Crippen molar-refractivity contribution in [3.8, 4) is 0 Å². The topological polar surface area (TPSA) is 78.5 Å². The molecule has 152 valence electrons. The van der Waals surface area contributed by atoms with Crippen LogP contribution in [0.5, 0.6) is 0 Å². The van der Waals surface area contributed by atoms with Crippen LogP contribution < -0.4 is 10.6 Å². The van der Waals surface area contributed by atoms with E-state index in [0.29, 0.717) is 25.1 Å². The first-order chi connectivity index (χ1) is 12.5. The quantitative estimate of drug-likeness (QED) is 0.798. The Morgan fingerprint density at radius 1 is 1.30 bits per heavy atom. The lowest BCUT2D eigenvalue weighted by Gasteiger charge is -2.35. The van der Waals surface area contributed by atoms with E-state index in [1.54, 1.807) is 6.92 Å². The van der Waals surface area contributed by atoms with Crippen LogP contribution in [0, 0.1) is 12.7 Å². The molecule has 27 heavy (non-hydrogen) atoms. The number of hydrogen-bond donors (Lipinski definition) is 2. The number of urea groups is 1. The molecule has 0 spiro atoms. The van der Waals surface area contributed by atoms with Gasteiger partial charge in [-0.15, -0.1) is 0 Å². The molecule has 2 amide bonds. The molecule has 2 rings (SSSR count). The van der Waals surface area contributed by atoms with E-state index in [9.17, 15) is 17.6 Å². The number of carbonyl (C=O) groups is 1. The number of rotatable bonds is 5. The molecule has 0 saturated carbocycles. The van der Waals surface area contributed by atoms with Gasteiger partial charge in [0.25, 0.3) is 0 Å². The summed E-state index contributed by atoms with van der Waals surface area (Å²) in [7, 11) is -3.69. The second kappa shape index (κ2) is 8.56. The van der Waals surface area contributed by atoms with E-state index in [4.69, 9.17) is 0 Å². The third-order valence-electron chi connectivity index (χ3n) is 4.56. The van der Waals surface area contributed by atoms with Crippen LogP contribution in [0.15, 0.2) is 23.1 Å². The average Bonchev–Trinajstić information content (AvgIpc) is 2.56. The fourth-order valence-corrected chi connectivity index (χ4v) is 5.04. The summed E-state index contributed by atoms with van der Waals surface area (Å²) in [5.74, 6) is -0.418. The Bertz CT molecular complexity index is 775. The molecule has 0 aromatic heterocycles. The standard InChI is InChI=1S/C19H30FN3O3S/c1-14-13-16(8-9-17(14)20)27(25,26)23-12-6-5-7-15(23)10-11-21-18(24)22-19(2,3)4/h8-9,13,15H,5-7,10-12H2,1-4H3,(H2,21,22,24)/t15-/m0/s1. The van der Waals surface area contributed by atoms with Crippen molar-refractivity contribution in [2.24, 2.45) is 0 Å². The van der Waals surface area contributed by atoms with Crippen LogP contribution in [0.1, 0.15) is 52.0 Å². The van der Waals surface area contributed by atoms with Crippen LogP contribution in [-0.4, -0.2) is 43.4 Å². The Morgan fingerprint density at radius 2 is 2.00 bits per heavy atom. The van der Waals surface area contributed by atoms with Gasteiger partial charge in [0.15, 0.2) is 0 Å². The number of aryl methyl sites for hydroxylation is 1. The molecule has 0 bridgehead atoms. The summed E-state index contributed by atoms with van der Waals surface area (Å²) in [6, 6.07) is 3.45. The molecule has 0 radical (unpaired) electrons. The molecule has 1 aliphatic heterocycles. The molecule has 1 aliphatic rings. The van der Waals surface area contributed by atoms with E-state index >= 15 is 0 Å². The van der Waals surface area contributed by atoms with Gasteiger partial charge < -0.3 is 10.6 Å². The van der Waals surface area contributed by atoms with E-state index in [2.05, 4.69) is 10.6 Å². The second-order valence-corrected chi connectivity index (χ2v) is 9.99. The van der Waals surface area contributed by atoms with Gasteiger partial charge in [0.2, 0.25) is 10.0 Å². The van der Waals surface area contributed by atoms with Crippen LogP contribution in [0.25, 0.3) is 0 Å². The maximum Gasteiger partial charge on any atom is 0.315 e. The van der Waals surface area contributed by atoms with Gasteiger partial charge in [-0.2, -0.15) is 4.31 Å². The van der Waals surface area contributed by atoms with Gasteiger partial charge in [-0.25, -0.2) is 17.6 Å². The summed E-state index contributed by atoms with van der Waals surface area (Å²) >= 11 is 0. The van der Waals surface area contributed by atoms with Gasteiger partial charge in [0.1, 0.15) is 5.82 Å². The summed E-state index contributed by atoms with van der Waals surface area (Å²) in [4.78, 5) is 12.0. The fraction of sp³-hybridized carbons (Fsp3) is 0.632. The molecule has 1 heterocycles. The molecule has 0 aliphatic carbocycles. The third kappa shape index (κ3) is 5.90. The molecular weight excluding hydrogens is 369 g/mol. The summed E-state index contributed by atoms with van der Waals surface area (Å²) in [5.41, 5.74) is -0.0183. The number of hydrogen-bond acceptors (Lipinski definition) is 3. The number of benzene rings is 1. The predicted octanol–water partition coefficient (Wildman–Crippen LogP) is 3.17. The normalized spacial score (nSPS) is 18.9. The lowest BCUT2D eigenvalue weighted by Crippen LogP contribution is -2.48.